The Labute approximate surface area is 214 Å². The van der Waals surface area contributed by atoms with E-state index in [1.807, 2.05) is 13.8 Å². The average Bonchev–Trinajstić information content (AvgIpc) is 2.81. The topological polar surface area (TPSA) is 81.7 Å². The molecule has 1 aliphatic heterocycles. The van der Waals surface area contributed by atoms with Crippen molar-refractivity contribution in [3.05, 3.63) is 0 Å². The lowest BCUT2D eigenvalue weighted by atomic mass is 9.87. The van der Waals surface area contributed by atoms with Gasteiger partial charge in [0.1, 0.15) is 18.2 Å². The highest BCUT2D eigenvalue weighted by Gasteiger charge is 2.41. The predicted octanol–water partition coefficient (Wildman–Crippen LogP) is 6.88. The third-order valence-corrected chi connectivity index (χ3v) is 7.06. The molecule has 1 saturated heterocycles. The van der Waals surface area contributed by atoms with Gasteiger partial charge in [-0.15, -0.1) is 0 Å². The molecule has 0 saturated carbocycles. The minimum atomic E-state index is -0.679. The standard InChI is InChI=1S/C29H53NO5/c1-5-7-9-11-12-13-14-15-16-18-24-21-27(25(28(32)34-24)19-17-10-8-6-2)35-29(33)26(30-22-31)20-23(3)4/h22-27H,5-21H2,1-4H3,(H,30,31)/t24-,25-,26?,27-/m0/s1. The van der Waals surface area contributed by atoms with E-state index in [0.29, 0.717) is 25.7 Å². The average molecular weight is 496 g/mol. The SMILES string of the molecule is CCCCCCCCCCC[C@H]1C[C@H](OC(=O)C(CC(C)C)NC=O)[C@H](CCCCCC)C(=O)O1. The predicted molar refractivity (Wildman–Crippen MR) is 141 cm³/mol. The quantitative estimate of drug-likeness (QED) is 0.107. The molecule has 1 heterocycles. The van der Waals surface area contributed by atoms with Gasteiger partial charge < -0.3 is 14.8 Å². The summed E-state index contributed by atoms with van der Waals surface area (Å²) < 4.78 is 11.7. The Balaban J connectivity index is 2.61. The lowest BCUT2D eigenvalue weighted by Crippen LogP contribution is -2.47. The minimum Gasteiger partial charge on any atom is -0.462 e. The maximum Gasteiger partial charge on any atom is 0.328 e. The van der Waals surface area contributed by atoms with Gasteiger partial charge in [-0.05, 0) is 31.6 Å². The number of cyclic esters (lactones) is 1. The van der Waals surface area contributed by atoms with Crippen molar-refractivity contribution in [2.45, 2.75) is 155 Å². The van der Waals surface area contributed by atoms with E-state index < -0.39 is 24.0 Å². The lowest BCUT2D eigenvalue weighted by Gasteiger charge is -2.35. The van der Waals surface area contributed by atoms with Gasteiger partial charge in [-0.25, -0.2) is 4.79 Å². The van der Waals surface area contributed by atoms with Gasteiger partial charge in [-0.1, -0.05) is 105 Å². The summed E-state index contributed by atoms with van der Waals surface area (Å²) in [6.45, 7) is 8.40. The summed E-state index contributed by atoms with van der Waals surface area (Å²) in [6, 6.07) is -0.679. The number of nitrogens with one attached hydrogen (secondary N) is 1. The first-order valence-electron chi connectivity index (χ1n) is 14.5. The molecule has 1 rings (SSSR count). The highest BCUT2D eigenvalue weighted by Crippen LogP contribution is 2.31. The summed E-state index contributed by atoms with van der Waals surface area (Å²) >= 11 is 0. The molecule has 35 heavy (non-hydrogen) atoms. The van der Waals surface area contributed by atoms with Gasteiger partial charge in [0, 0.05) is 6.42 Å². The number of hydrogen-bond donors (Lipinski definition) is 1. The van der Waals surface area contributed by atoms with E-state index in [-0.39, 0.29) is 18.0 Å². The molecular weight excluding hydrogens is 442 g/mol. The highest BCUT2D eigenvalue weighted by atomic mass is 16.6. The van der Waals surface area contributed by atoms with Crippen LogP contribution in [0.15, 0.2) is 0 Å². The van der Waals surface area contributed by atoms with E-state index in [1.54, 1.807) is 0 Å². The van der Waals surface area contributed by atoms with E-state index >= 15 is 0 Å². The molecule has 4 atom stereocenters. The van der Waals surface area contributed by atoms with Crippen LogP contribution in [0, 0.1) is 11.8 Å². The molecule has 0 radical (unpaired) electrons. The van der Waals surface area contributed by atoms with Crippen LogP contribution < -0.4 is 5.32 Å². The first kappa shape index (κ1) is 31.4. The molecule has 0 aromatic rings. The molecule has 0 aromatic carbocycles. The first-order chi connectivity index (χ1) is 16.9. The van der Waals surface area contributed by atoms with Crippen LogP contribution in [-0.4, -0.2) is 36.6 Å². The van der Waals surface area contributed by atoms with E-state index in [2.05, 4.69) is 19.2 Å². The van der Waals surface area contributed by atoms with E-state index in [4.69, 9.17) is 9.47 Å². The molecule has 204 valence electrons. The minimum absolute atomic E-state index is 0.195. The zero-order valence-corrected chi connectivity index (χ0v) is 23.0. The molecule has 0 aliphatic carbocycles. The van der Waals surface area contributed by atoms with E-state index in [1.165, 1.54) is 44.9 Å². The van der Waals surface area contributed by atoms with Crippen LogP contribution in [0.1, 0.15) is 137 Å². The summed E-state index contributed by atoms with van der Waals surface area (Å²) in [4.78, 5) is 36.8. The van der Waals surface area contributed by atoms with Crippen LogP contribution in [0.25, 0.3) is 0 Å². The van der Waals surface area contributed by atoms with Gasteiger partial charge in [0.05, 0.1) is 5.92 Å². The van der Waals surface area contributed by atoms with Crippen LogP contribution in [0.5, 0.6) is 0 Å². The Bertz CT molecular complexity index is 579. The number of carbonyl (C=O) groups excluding carboxylic acids is 3. The highest BCUT2D eigenvalue weighted by molar-refractivity contribution is 5.79. The Morgan fingerprint density at radius 3 is 2.06 bits per heavy atom. The van der Waals surface area contributed by atoms with Gasteiger partial charge in [-0.2, -0.15) is 0 Å². The fourth-order valence-corrected chi connectivity index (χ4v) is 4.98. The van der Waals surface area contributed by atoms with E-state index in [9.17, 15) is 14.4 Å². The van der Waals surface area contributed by atoms with Gasteiger partial charge in [0.25, 0.3) is 0 Å². The Morgan fingerprint density at radius 2 is 1.49 bits per heavy atom. The molecule has 0 bridgehead atoms. The van der Waals surface area contributed by atoms with Crippen molar-refractivity contribution in [1.29, 1.82) is 0 Å². The number of ether oxygens (including phenoxy) is 2. The Morgan fingerprint density at radius 1 is 0.943 bits per heavy atom. The number of carbonyl (C=O) groups is 3. The van der Waals surface area contributed by atoms with Crippen molar-refractivity contribution >= 4 is 18.3 Å². The van der Waals surface area contributed by atoms with E-state index in [0.717, 1.165) is 44.9 Å². The number of unbranched alkanes of at least 4 members (excludes halogenated alkanes) is 11. The van der Waals surface area contributed by atoms with Crippen molar-refractivity contribution in [1.82, 2.24) is 5.32 Å². The number of hydrogen-bond acceptors (Lipinski definition) is 5. The van der Waals surface area contributed by atoms with Crippen LogP contribution in [0.3, 0.4) is 0 Å². The molecule has 6 nitrogen and oxygen atoms in total. The maximum atomic E-state index is 12.9. The molecule has 1 amide bonds. The Hall–Kier alpha value is -1.59. The van der Waals surface area contributed by atoms with Crippen molar-refractivity contribution in [3.8, 4) is 0 Å². The van der Waals surface area contributed by atoms with Crippen LogP contribution in [0.4, 0.5) is 0 Å². The van der Waals surface area contributed by atoms with Crippen molar-refractivity contribution in [2.24, 2.45) is 11.8 Å². The molecule has 1 N–H and O–H groups in total. The maximum absolute atomic E-state index is 12.9. The zero-order valence-electron chi connectivity index (χ0n) is 23.0. The first-order valence-corrected chi connectivity index (χ1v) is 14.5. The molecule has 1 fully saturated rings. The van der Waals surface area contributed by atoms with Crippen LogP contribution in [-0.2, 0) is 23.9 Å². The second-order valence-corrected chi connectivity index (χ2v) is 10.8. The van der Waals surface area contributed by atoms with Crippen molar-refractivity contribution in [3.63, 3.8) is 0 Å². The van der Waals surface area contributed by atoms with Crippen molar-refractivity contribution in [2.75, 3.05) is 0 Å². The molecule has 0 spiro atoms. The largest absolute Gasteiger partial charge is 0.462 e. The number of esters is 2. The molecule has 6 heteroatoms. The molecule has 0 aromatic heterocycles. The second-order valence-electron chi connectivity index (χ2n) is 10.8. The van der Waals surface area contributed by atoms with Crippen LogP contribution in [0.2, 0.25) is 0 Å². The second kappa shape index (κ2) is 19.6. The van der Waals surface area contributed by atoms with Gasteiger partial charge in [-0.3, -0.25) is 9.59 Å². The zero-order chi connectivity index (χ0) is 25.9. The molecule has 1 aliphatic rings. The third-order valence-electron chi connectivity index (χ3n) is 7.06. The monoisotopic (exact) mass is 495 g/mol. The number of rotatable bonds is 21. The fourth-order valence-electron chi connectivity index (χ4n) is 4.98. The molecule has 1 unspecified atom stereocenters. The Kier molecular flexibility index (Phi) is 17.6. The summed E-state index contributed by atoms with van der Waals surface area (Å²) in [5, 5.41) is 2.60. The van der Waals surface area contributed by atoms with Crippen LogP contribution >= 0.6 is 0 Å². The normalized spacial score (nSPS) is 20.9. The number of amides is 1. The van der Waals surface area contributed by atoms with Gasteiger partial charge in [0.2, 0.25) is 6.41 Å². The summed E-state index contributed by atoms with van der Waals surface area (Å²) in [5.74, 6) is -0.840. The lowest BCUT2D eigenvalue weighted by molar-refractivity contribution is -0.181. The van der Waals surface area contributed by atoms with Crippen molar-refractivity contribution < 1.29 is 23.9 Å². The third kappa shape index (κ3) is 13.9. The summed E-state index contributed by atoms with van der Waals surface area (Å²) in [5.41, 5.74) is 0. The fraction of sp³-hybridized carbons (Fsp3) is 0.897. The van der Waals surface area contributed by atoms with Gasteiger partial charge >= 0.3 is 11.9 Å². The summed E-state index contributed by atoms with van der Waals surface area (Å²) in [7, 11) is 0. The van der Waals surface area contributed by atoms with Gasteiger partial charge in [0.15, 0.2) is 0 Å². The smallest absolute Gasteiger partial charge is 0.328 e. The molecular formula is C29H53NO5. The summed E-state index contributed by atoms with van der Waals surface area (Å²) in [6.07, 6.45) is 18.0.